The molecule has 0 atom stereocenters. The first-order chi connectivity index (χ1) is 9.27. The molecule has 0 unspecified atom stereocenters. The summed E-state index contributed by atoms with van der Waals surface area (Å²) in [5.41, 5.74) is -0.599. The highest BCUT2D eigenvalue weighted by Gasteiger charge is 2.31. The SMILES string of the molecule is Cc1nc(C(=O)Nc2cc(C(F)(F)F)ccc2Br)cs1. The number of amides is 1. The fourth-order valence-electron chi connectivity index (χ4n) is 1.45. The van der Waals surface area contributed by atoms with Crippen molar-refractivity contribution in [3.63, 3.8) is 0 Å². The molecule has 0 bridgehead atoms. The van der Waals surface area contributed by atoms with E-state index in [0.717, 1.165) is 12.1 Å². The molecule has 0 radical (unpaired) electrons. The van der Waals surface area contributed by atoms with Crippen molar-refractivity contribution >= 4 is 38.9 Å². The van der Waals surface area contributed by atoms with Crippen LogP contribution in [0, 0.1) is 6.92 Å². The van der Waals surface area contributed by atoms with E-state index in [4.69, 9.17) is 0 Å². The number of carbonyl (C=O) groups is 1. The van der Waals surface area contributed by atoms with Crippen LogP contribution in [-0.2, 0) is 6.18 Å². The van der Waals surface area contributed by atoms with Gasteiger partial charge in [0.15, 0.2) is 0 Å². The lowest BCUT2D eigenvalue weighted by Crippen LogP contribution is -2.14. The standard InChI is InChI=1S/C12H8BrF3N2OS/c1-6-17-10(5-20-6)11(19)18-9-4-7(12(14,15)16)2-3-8(9)13/h2-5H,1H3,(H,18,19). The number of alkyl halides is 3. The number of thiazole rings is 1. The second kappa shape index (κ2) is 5.53. The Bertz CT molecular complexity index is 654. The molecule has 0 saturated carbocycles. The van der Waals surface area contributed by atoms with Gasteiger partial charge < -0.3 is 5.32 Å². The quantitative estimate of drug-likeness (QED) is 0.853. The van der Waals surface area contributed by atoms with E-state index in [1.54, 1.807) is 12.3 Å². The van der Waals surface area contributed by atoms with Gasteiger partial charge in [0.25, 0.3) is 5.91 Å². The minimum atomic E-state index is -4.46. The van der Waals surface area contributed by atoms with Crippen LogP contribution in [0.1, 0.15) is 21.1 Å². The zero-order valence-electron chi connectivity index (χ0n) is 10.1. The van der Waals surface area contributed by atoms with Crippen molar-refractivity contribution in [2.75, 3.05) is 5.32 Å². The summed E-state index contributed by atoms with van der Waals surface area (Å²) in [6, 6.07) is 3.05. The molecular weight excluding hydrogens is 357 g/mol. The molecule has 2 rings (SSSR count). The van der Waals surface area contributed by atoms with Gasteiger partial charge in [-0.15, -0.1) is 11.3 Å². The number of carbonyl (C=O) groups excluding carboxylic acids is 1. The molecule has 2 aromatic rings. The molecule has 0 aliphatic carbocycles. The van der Waals surface area contributed by atoms with Crippen molar-refractivity contribution in [3.8, 4) is 0 Å². The van der Waals surface area contributed by atoms with Crippen molar-refractivity contribution in [1.82, 2.24) is 4.98 Å². The number of aryl methyl sites for hydroxylation is 1. The molecule has 0 saturated heterocycles. The summed E-state index contributed by atoms with van der Waals surface area (Å²) in [6.07, 6.45) is -4.46. The minimum Gasteiger partial charge on any atom is -0.320 e. The van der Waals surface area contributed by atoms with Crippen molar-refractivity contribution < 1.29 is 18.0 Å². The number of aromatic nitrogens is 1. The molecule has 3 nitrogen and oxygen atoms in total. The van der Waals surface area contributed by atoms with E-state index in [0.29, 0.717) is 9.48 Å². The summed E-state index contributed by atoms with van der Waals surface area (Å²) in [6.45, 7) is 1.74. The van der Waals surface area contributed by atoms with E-state index < -0.39 is 17.6 Å². The van der Waals surface area contributed by atoms with E-state index in [2.05, 4.69) is 26.2 Å². The Kier molecular flexibility index (Phi) is 4.14. The Balaban J connectivity index is 2.27. The van der Waals surface area contributed by atoms with Gasteiger partial charge >= 0.3 is 6.18 Å². The van der Waals surface area contributed by atoms with Crippen molar-refractivity contribution in [2.45, 2.75) is 13.1 Å². The second-order valence-electron chi connectivity index (χ2n) is 3.90. The highest BCUT2D eigenvalue weighted by atomic mass is 79.9. The smallest absolute Gasteiger partial charge is 0.320 e. The number of hydrogen-bond donors (Lipinski definition) is 1. The maximum absolute atomic E-state index is 12.6. The number of anilines is 1. The van der Waals surface area contributed by atoms with Gasteiger partial charge in [-0.05, 0) is 41.1 Å². The van der Waals surface area contributed by atoms with Gasteiger partial charge in [-0.3, -0.25) is 4.79 Å². The summed E-state index contributed by atoms with van der Waals surface area (Å²) in [7, 11) is 0. The van der Waals surface area contributed by atoms with E-state index in [1.807, 2.05) is 0 Å². The number of benzene rings is 1. The van der Waals surface area contributed by atoms with Crippen LogP contribution >= 0.6 is 27.3 Å². The Labute approximate surface area is 125 Å². The zero-order chi connectivity index (χ0) is 14.9. The molecule has 1 heterocycles. The number of nitrogens with one attached hydrogen (secondary N) is 1. The van der Waals surface area contributed by atoms with E-state index >= 15 is 0 Å². The van der Waals surface area contributed by atoms with Gasteiger partial charge in [0.1, 0.15) is 5.69 Å². The second-order valence-corrected chi connectivity index (χ2v) is 5.81. The molecule has 0 aliphatic heterocycles. The summed E-state index contributed by atoms with van der Waals surface area (Å²) in [5, 5.41) is 4.67. The van der Waals surface area contributed by atoms with E-state index in [1.165, 1.54) is 17.4 Å². The Morgan fingerprint density at radius 1 is 1.40 bits per heavy atom. The summed E-state index contributed by atoms with van der Waals surface area (Å²) in [4.78, 5) is 15.8. The monoisotopic (exact) mass is 364 g/mol. The fourth-order valence-corrected chi connectivity index (χ4v) is 2.39. The lowest BCUT2D eigenvalue weighted by molar-refractivity contribution is -0.137. The lowest BCUT2D eigenvalue weighted by Gasteiger charge is -2.11. The molecular formula is C12H8BrF3N2OS. The van der Waals surface area contributed by atoms with Crippen molar-refractivity contribution in [2.24, 2.45) is 0 Å². The summed E-state index contributed by atoms with van der Waals surface area (Å²) in [5.74, 6) is -0.547. The lowest BCUT2D eigenvalue weighted by atomic mass is 10.2. The molecule has 8 heteroatoms. The minimum absolute atomic E-state index is 0.0514. The first kappa shape index (κ1) is 15.0. The highest BCUT2D eigenvalue weighted by molar-refractivity contribution is 9.10. The molecule has 1 amide bonds. The predicted molar refractivity (Wildman–Crippen MR) is 73.9 cm³/mol. The topological polar surface area (TPSA) is 42.0 Å². The third-order valence-electron chi connectivity index (χ3n) is 2.39. The average Bonchev–Trinajstić information content (AvgIpc) is 2.77. The number of nitrogens with zero attached hydrogens (tertiary/aromatic N) is 1. The molecule has 1 aromatic carbocycles. The Morgan fingerprint density at radius 3 is 2.65 bits per heavy atom. The molecule has 0 fully saturated rings. The molecule has 0 spiro atoms. The highest BCUT2D eigenvalue weighted by Crippen LogP contribution is 2.34. The molecule has 20 heavy (non-hydrogen) atoms. The number of rotatable bonds is 2. The molecule has 1 N–H and O–H groups in total. The predicted octanol–water partition coefficient (Wildman–Crippen LogP) is 4.49. The van der Waals surface area contributed by atoms with E-state index in [9.17, 15) is 18.0 Å². The van der Waals surface area contributed by atoms with Crippen LogP contribution in [0.5, 0.6) is 0 Å². The summed E-state index contributed by atoms with van der Waals surface area (Å²) < 4.78 is 38.2. The van der Waals surface area contributed by atoms with Crippen LogP contribution in [0.4, 0.5) is 18.9 Å². The third kappa shape index (κ3) is 3.37. The van der Waals surface area contributed by atoms with Gasteiger partial charge in [-0.1, -0.05) is 0 Å². The average molecular weight is 365 g/mol. The van der Waals surface area contributed by atoms with Crippen molar-refractivity contribution in [1.29, 1.82) is 0 Å². The molecule has 106 valence electrons. The fraction of sp³-hybridized carbons (Fsp3) is 0.167. The first-order valence-electron chi connectivity index (χ1n) is 5.37. The molecule has 0 aliphatic rings. The number of hydrogen-bond acceptors (Lipinski definition) is 3. The van der Waals surface area contributed by atoms with Crippen LogP contribution in [-0.4, -0.2) is 10.9 Å². The zero-order valence-corrected chi connectivity index (χ0v) is 12.5. The maximum Gasteiger partial charge on any atom is 0.416 e. The maximum atomic E-state index is 12.6. The Morgan fingerprint density at radius 2 is 2.10 bits per heavy atom. The van der Waals surface area contributed by atoms with Crippen LogP contribution in [0.3, 0.4) is 0 Å². The van der Waals surface area contributed by atoms with Crippen molar-refractivity contribution in [3.05, 3.63) is 44.3 Å². The van der Waals surface area contributed by atoms with Gasteiger partial charge in [-0.2, -0.15) is 13.2 Å². The number of halogens is 4. The van der Waals surface area contributed by atoms with Gasteiger partial charge in [-0.25, -0.2) is 4.98 Å². The summed E-state index contributed by atoms with van der Waals surface area (Å²) >= 11 is 4.39. The normalized spacial score (nSPS) is 11.4. The first-order valence-corrected chi connectivity index (χ1v) is 7.05. The van der Waals surface area contributed by atoms with Gasteiger partial charge in [0.2, 0.25) is 0 Å². The largest absolute Gasteiger partial charge is 0.416 e. The van der Waals surface area contributed by atoms with Crippen LogP contribution in [0.2, 0.25) is 0 Å². The molecule has 1 aromatic heterocycles. The third-order valence-corrected chi connectivity index (χ3v) is 3.86. The van der Waals surface area contributed by atoms with Crippen LogP contribution in [0.25, 0.3) is 0 Å². The van der Waals surface area contributed by atoms with E-state index in [-0.39, 0.29) is 11.4 Å². The van der Waals surface area contributed by atoms with Gasteiger partial charge in [0, 0.05) is 9.85 Å². The van der Waals surface area contributed by atoms with Crippen LogP contribution in [0.15, 0.2) is 28.1 Å². The van der Waals surface area contributed by atoms with Crippen LogP contribution < -0.4 is 5.32 Å². The Hall–Kier alpha value is -1.41. The van der Waals surface area contributed by atoms with Gasteiger partial charge in [0.05, 0.1) is 16.3 Å².